The van der Waals surface area contributed by atoms with Crippen molar-refractivity contribution in [3.8, 4) is 0 Å². The van der Waals surface area contributed by atoms with Gasteiger partial charge in [0.15, 0.2) is 0 Å². The van der Waals surface area contributed by atoms with Crippen LogP contribution in [0, 0.1) is 35.5 Å². The highest BCUT2D eigenvalue weighted by Crippen LogP contribution is 2.58. The molecule has 4 bridgehead atoms. The third kappa shape index (κ3) is 0.791. The largest absolute Gasteiger partial charge is 0.0620 e. The van der Waals surface area contributed by atoms with E-state index in [-0.39, 0.29) is 0 Å². The van der Waals surface area contributed by atoms with Crippen LogP contribution < -0.4 is 0 Å². The molecule has 68 valence electrons. The van der Waals surface area contributed by atoms with Gasteiger partial charge in [0, 0.05) is 0 Å². The zero-order valence-electron chi connectivity index (χ0n) is 8.29. The molecule has 4 saturated carbocycles. The van der Waals surface area contributed by atoms with Gasteiger partial charge in [-0.3, -0.25) is 0 Å². The minimum Gasteiger partial charge on any atom is -0.0620 e. The summed E-state index contributed by atoms with van der Waals surface area (Å²) in [4.78, 5) is 0. The van der Waals surface area contributed by atoms with Crippen LogP contribution in [0.25, 0.3) is 0 Å². The number of rotatable bonds is 0. The first-order valence-corrected chi connectivity index (χ1v) is 5.75. The zero-order valence-corrected chi connectivity index (χ0v) is 8.29. The molecular weight excluding hydrogens is 144 g/mol. The Morgan fingerprint density at radius 1 is 0.750 bits per heavy atom. The Hall–Kier alpha value is 0. The molecule has 4 atom stereocenters. The summed E-state index contributed by atoms with van der Waals surface area (Å²) in [6.45, 7) is 5.03. The topological polar surface area (TPSA) is 0 Å². The summed E-state index contributed by atoms with van der Waals surface area (Å²) in [6, 6.07) is 0. The fraction of sp³-hybridized carbons (Fsp3) is 1.00. The lowest BCUT2D eigenvalue weighted by atomic mass is 9.49. The number of hydrogen-bond acceptors (Lipinski definition) is 0. The molecule has 12 heavy (non-hydrogen) atoms. The molecule has 4 rings (SSSR count). The van der Waals surface area contributed by atoms with Gasteiger partial charge < -0.3 is 0 Å². The van der Waals surface area contributed by atoms with Crippen molar-refractivity contribution < 1.29 is 0 Å². The molecule has 0 amide bonds. The lowest BCUT2D eigenvalue weighted by molar-refractivity contribution is -0.0713. The highest BCUT2D eigenvalue weighted by Gasteiger charge is 2.49. The van der Waals surface area contributed by atoms with E-state index in [4.69, 9.17) is 0 Å². The van der Waals surface area contributed by atoms with Crippen LogP contribution in [0.2, 0.25) is 0 Å². The van der Waals surface area contributed by atoms with Gasteiger partial charge in [0.1, 0.15) is 0 Å². The first kappa shape index (κ1) is 7.41. The lowest BCUT2D eigenvalue weighted by Crippen LogP contribution is -2.48. The minimum atomic E-state index is 1.06. The van der Waals surface area contributed by atoms with E-state index < -0.39 is 0 Å². The van der Waals surface area contributed by atoms with E-state index in [0.29, 0.717) is 0 Å². The van der Waals surface area contributed by atoms with E-state index in [1.54, 1.807) is 25.7 Å². The Balaban J connectivity index is 1.93. The molecule has 4 aliphatic carbocycles. The van der Waals surface area contributed by atoms with Crippen LogP contribution in [0.5, 0.6) is 0 Å². The van der Waals surface area contributed by atoms with Crippen molar-refractivity contribution >= 4 is 0 Å². The molecule has 0 aromatic heterocycles. The molecule has 4 fully saturated rings. The molecule has 0 aromatic rings. The first-order chi connectivity index (χ1) is 5.75. The van der Waals surface area contributed by atoms with Crippen LogP contribution in [0.3, 0.4) is 0 Å². The molecule has 0 saturated heterocycles. The van der Waals surface area contributed by atoms with Crippen LogP contribution in [-0.2, 0) is 0 Å². The van der Waals surface area contributed by atoms with Crippen LogP contribution in [0.15, 0.2) is 0 Å². The predicted molar refractivity (Wildman–Crippen MR) is 50.8 cm³/mol. The Bertz CT molecular complexity index is 178. The van der Waals surface area contributed by atoms with Crippen molar-refractivity contribution in [3.05, 3.63) is 0 Å². The van der Waals surface area contributed by atoms with Gasteiger partial charge in [0.2, 0.25) is 0 Å². The molecule has 0 aliphatic heterocycles. The van der Waals surface area contributed by atoms with Crippen molar-refractivity contribution in [2.75, 3.05) is 0 Å². The second-order valence-electron chi connectivity index (χ2n) is 5.71. The third-order valence-electron chi connectivity index (χ3n) is 5.32. The normalized spacial score (nSPS) is 62.5. The van der Waals surface area contributed by atoms with Gasteiger partial charge in [-0.25, -0.2) is 0 Å². The maximum absolute atomic E-state index is 2.52. The lowest BCUT2D eigenvalue weighted by Gasteiger charge is -2.57. The summed E-state index contributed by atoms with van der Waals surface area (Å²) in [5.74, 6) is 6.64. The number of hydrogen-bond donors (Lipinski definition) is 0. The minimum absolute atomic E-state index is 1.06. The van der Waals surface area contributed by atoms with Gasteiger partial charge >= 0.3 is 0 Å². The van der Waals surface area contributed by atoms with Gasteiger partial charge in [0.05, 0.1) is 0 Å². The Morgan fingerprint density at radius 2 is 1.33 bits per heavy atom. The Kier molecular flexibility index (Phi) is 1.40. The summed E-state index contributed by atoms with van der Waals surface area (Å²) in [5.41, 5.74) is 0. The average molecular weight is 164 g/mol. The summed E-state index contributed by atoms with van der Waals surface area (Å²) >= 11 is 0. The maximum Gasteiger partial charge on any atom is -0.0355 e. The van der Waals surface area contributed by atoms with Crippen LogP contribution in [0.1, 0.15) is 39.5 Å². The summed E-state index contributed by atoms with van der Waals surface area (Å²) in [7, 11) is 0. The SMILES string of the molecule is CC1C2CC3CC(C2)C(C)C1C3. The average Bonchev–Trinajstić information content (AvgIpc) is 2.07. The predicted octanol–water partition coefficient (Wildman–Crippen LogP) is 3.32. The first-order valence-electron chi connectivity index (χ1n) is 5.75. The molecule has 4 unspecified atom stereocenters. The molecule has 0 spiro atoms. The van der Waals surface area contributed by atoms with Crippen LogP contribution in [-0.4, -0.2) is 0 Å². The van der Waals surface area contributed by atoms with E-state index in [2.05, 4.69) is 13.8 Å². The van der Waals surface area contributed by atoms with Gasteiger partial charge in [-0.1, -0.05) is 13.8 Å². The second-order valence-corrected chi connectivity index (χ2v) is 5.71. The van der Waals surface area contributed by atoms with Crippen molar-refractivity contribution in [1.29, 1.82) is 0 Å². The van der Waals surface area contributed by atoms with Crippen LogP contribution >= 0.6 is 0 Å². The quantitative estimate of drug-likeness (QED) is 0.515. The van der Waals surface area contributed by atoms with Crippen molar-refractivity contribution in [3.63, 3.8) is 0 Å². The standard InChI is InChI=1S/C12H20/c1-7-10-3-9-4-11(6-10)8(2)12(7)5-9/h7-12H,3-6H2,1-2H3. The summed E-state index contributed by atoms with van der Waals surface area (Å²) in [5, 5.41) is 0. The smallest absolute Gasteiger partial charge is 0.0355 e. The van der Waals surface area contributed by atoms with Gasteiger partial charge in [-0.15, -0.1) is 0 Å². The molecule has 0 N–H and O–H groups in total. The van der Waals surface area contributed by atoms with Crippen molar-refractivity contribution in [2.45, 2.75) is 39.5 Å². The van der Waals surface area contributed by atoms with Crippen molar-refractivity contribution in [1.82, 2.24) is 0 Å². The van der Waals surface area contributed by atoms with Crippen LogP contribution in [0.4, 0.5) is 0 Å². The third-order valence-corrected chi connectivity index (χ3v) is 5.32. The molecule has 0 radical (unpaired) electrons. The van der Waals surface area contributed by atoms with Gasteiger partial charge in [-0.05, 0) is 61.2 Å². The molecule has 0 heterocycles. The van der Waals surface area contributed by atoms with E-state index in [1.807, 2.05) is 0 Å². The highest BCUT2D eigenvalue weighted by molar-refractivity contribution is 4.99. The molecular formula is C12H20. The van der Waals surface area contributed by atoms with E-state index >= 15 is 0 Å². The summed E-state index contributed by atoms with van der Waals surface area (Å²) in [6.07, 6.45) is 6.33. The molecule has 4 aliphatic rings. The summed E-state index contributed by atoms with van der Waals surface area (Å²) < 4.78 is 0. The van der Waals surface area contributed by atoms with Gasteiger partial charge in [0.25, 0.3) is 0 Å². The Morgan fingerprint density at radius 3 is 1.92 bits per heavy atom. The Labute approximate surface area is 75.7 Å². The van der Waals surface area contributed by atoms with E-state index in [9.17, 15) is 0 Å². The fourth-order valence-electron chi connectivity index (χ4n) is 4.58. The van der Waals surface area contributed by atoms with Gasteiger partial charge in [-0.2, -0.15) is 0 Å². The monoisotopic (exact) mass is 164 g/mol. The van der Waals surface area contributed by atoms with E-state index in [1.165, 1.54) is 0 Å². The zero-order chi connectivity index (χ0) is 8.29. The second kappa shape index (κ2) is 2.27. The van der Waals surface area contributed by atoms with E-state index in [0.717, 1.165) is 35.5 Å². The maximum atomic E-state index is 2.52. The molecule has 0 aromatic carbocycles. The highest BCUT2D eigenvalue weighted by atomic mass is 14.5. The molecule has 0 heteroatoms. The van der Waals surface area contributed by atoms with Crippen molar-refractivity contribution in [2.24, 2.45) is 35.5 Å². The molecule has 0 nitrogen and oxygen atoms in total. The fourth-order valence-corrected chi connectivity index (χ4v) is 4.58.